The molecule has 0 spiro atoms. The van der Waals surface area contributed by atoms with E-state index in [0.29, 0.717) is 12.0 Å². The number of Topliss-reactive ketones (excluding diaryl/α,β-unsaturated/α-hetero) is 1. The van der Waals surface area contributed by atoms with Crippen molar-refractivity contribution in [2.75, 3.05) is 13.2 Å². The first-order valence-electron chi connectivity index (χ1n) is 13.3. The number of ether oxygens (including phenoxy) is 1. The fourth-order valence-electron chi connectivity index (χ4n) is 4.35. The van der Waals surface area contributed by atoms with E-state index in [1.54, 1.807) is 6.07 Å². The molecule has 1 aromatic heterocycles. The third-order valence-electron chi connectivity index (χ3n) is 6.81. The smallest absolute Gasteiger partial charge is 0.305 e. The highest BCUT2D eigenvalue weighted by molar-refractivity contribution is 5.89. The van der Waals surface area contributed by atoms with Crippen LogP contribution in [0.25, 0.3) is 0 Å². The zero-order valence-corrected chi connectivity index (χ0v) is 23.7. The number of aliphatic carboxylic acids is 1. The van der Waals surface area contributed by atoms with Crippen LogP contribution in [0.1, 0.15) is 63.1 Å². The number of carbonyl (C=O) groups is 2. The van der Waals surface area contributed by atoms with Crippen LogP contribution in [0.3, 0.4) is 0 Å². The fourth-order valence-corrected chi connectivity index (χ4v) is 4.35. The van der Waals surface area contributed by atoms with E-state index < -0.39 is 65.8 Å². The van der Waals surface area contributed by atoms with Gasteiger partial charge in [0.15, 0.2) is 23.2 Å². The molecule has 2 N–H and O–H groups in total. The van der Waals surface area contributed by atoms with Gasteiger partial charge in [0.1, 0.15) is 6.61 Å². The van der Waals surface area contributed by atoms with Gasteiger partial charge in [-0.15, -0.1) is 0 Å². The first-order chi connectivity index (χ1) is 19.7. The highest BCUT2D eigenvalue weighted by Gasteiger charge is 2.27. The number of carbonyl (C=O) groups excluding carboxylic acids is 1. The van der Waals surface area contributed by atoms with E-state index in [9.17, 15) is 37.1 Å². The van der Waals surface area contributed by atoms with Crippen molar-refractivity contribution in [1.29, 1.82) is 0 Å². The number of aromatic nitrogens is 2. The van der Waals surface area contributed by atoms with Crippen molar-refractivity contribution in [1.82, 2.24) is 15.1 Å². The Balaban J connectivity index is 1.76. The highest BCUT2D eigenvalue weighted by atomic mass is 19.2. The molecule has 0 radical (unpaired) electrons. The van der Waals surface area contributed by atoms with Crippen LogP contribution < -0.4 is 15.6 Å². The highest BCUT2D eigenvalue weighted by Crippen LogP contribution is 2.27. The first-order valence-corrected chi connectivity index (χ1v) is 13.3. The van der Waals surface area contributed by atoms with E-state index in [1.807, 2.05) is 31.2 Å². The quantitative estimate of drug-likeness (QED) is 0.219. The Labute approximate surface area is 240 Å². The van der Waals surface area contributed by atoms with Gasteiger partial charge in [0, 0.05) is 30.3 Å². The Morgan fingerprint density at radius 1 is 1.07 bits per heavy atom. The van der Waals surface area contributed by atoms with Crippen molar-refractivity contribution >= 4 is 11.8 Å². The summed E-state index contributed by atoms with van der Waals surface area (Å²) in [7, 11) is 0. The van der Waals surface area contributed by atoms with Gasteiger partial charge in [-0.3, -0.25) is 14.4 Å². The zero-order chi connectivity index (χ0) is 31.2. The molecule has 12 heteroatoms. The maximum atomic E-state index is 13.9. The van der Waals surface area contributed by atoms with Crippen LogP contribution in [0.15, 0.2) is 47.4 Å². The van der Waals surface area contributed by atoms with E-state index in [4.69, 9.17) is 4.74 Å². The van der Waals surface area contributed by atoms with E-state index in [1.165, 1.54) is 10.9 Å². The van der Waals surface area contributed by atoms with Crippen LogP contribution in [-0.2, 0) is 21.5 Å². The van der Waals surface area contributed by atoms with Gasteiger partial charge in [0.05, 0.1) is 19.0 Å². The molecule has 0 bridgehead atoms. The fraction of sp³-hybridized carbons (Fsp3) is 0.400. The second-order valence-corrected chi connectivity index (χ2v) is 10.9. The SMILES string of the molecule is CC[C@@H](CN[C@@H](CC(=O)O)C(=O)COc1c(F)c(F)cc(F)c1F)c1ccnn(Cc2cccc(C(C)(C)C)c2)c1=O. The molecule has 1 heterocycles. The maximum Gasteiger partial charge on any atom is 0.305 e. The van der Waals surface area contributed by atoms with E-state index in [0.717, 1.165) is 11.1 Å². The van der Waals surface area contributed by atoms with Gasteiger partial charge in [-0.05, 0) is 29.0 Å². The first kappa shape index (κ1) is 32.5. The lowest BCUT2D eigenvalue weighted by atomic mass is 9.86. The van der Waals surface area contributed by atoms with Gasteiger partial charge < -0.3 is 15.2 Å². The van der Waals surface area contributed by atoms with Crippen LogP contribution in [-0.4, -0.2) is 45.8 Å². The van der Waals surface area contributed by atoms with E-state index in [-0.39, 0.29) is 30.1 Å². The van der Waals surface area contributed by atoms with Gasteiger partial charge in [0.25, 0.3) is 5.56 Å². The molecular formula is C30H33F4N3O5. The monoisotopic (exact) mass is 591 g/mol. The van der Waals surface area contributed by atoms with Gasteiger partial charge in [-0.25, -0.2) is 13.5 Å². The topological polar surface area (TPSA) is 111 Å². The lowest BCUT2D eigenvalue weighted by Crippen LogP contribution is -2.43. The third-order valence-corrected chi connectivity index (χ3v) is 6.81. The van der Waals surface area contributed by atoms with Gasteiger partial charge in [-0.1, -0.05) is 52.0 Å². The third kappa shape index (κ3) is 8.03. The summed E-state index contributed by atoms with van der Waals surface area (Å²) >= 11 is 0. The van der Waals surface area contributed by atoms with Gasteiger partial charge >= 0.3 is 5.97 Å². The number of hydrogen-bond acceptors (Lipinski definition) is 6. The van der Waals surface area contributed by atoms with Crippen molar-refractivity contribution in [2.45, 2.75) is 64.5 Å². The van der Waals surface area contributed by atoms with E-state index >= 15 is 0 Å². The minimum atomic E-state index is -1.82. The van der Waals surface area contributed by atoms with Crippen LogP contribution in [0.4, 0.5) is 17.6 Å². The van der Waals surface area contributed by atoms with Crippen molar-refractivity contribution in [3.05, 3.63) is 92.9 Å². The molecule has 0 saturated carbocycles. The number of nitrogens with one attached hydrogen (secondary N) is 1. The summed E-state index contributed by atoms with van der Waals surface area (Å²) in [6.45, 7) is 7.23. The summed E-state index contributed by atoms with van der Waals surface area (Å²) in [6.07, 6.45) is 1.21. The van der Waals surface area contributed by atoms with Gasteiger partial charge in [-0.2, -0.15) is 13.9 Å². The molecule has 226 valence electrons. The summed E-state index contributed by atoms with van der Waals surface area (Å²) in [4.78, 5) is 37.5. The number of hydrogen-bond donors (Lipinski definition) is 2. The number of rotatable bonds is 13. The Bertz CT molecular complexity index is 1480. The second-order valence-electron chi connectivity index (χ2n) is 10.9. The number of nitrogens with zero attached hydrogens (tertiary/aromatic N) is 2. The lowest BCUT2D eigenvalue weighted by Gasteiger charge is -2.22. The average Bonchev–Trinajstić information content (AvgIpc) is 2.92. The molecule has 8 nitrogen and oxygen atoms in total. The molecule has 3 aromatic rings. The van der Waals surface area contributed by atoms with Crippen molar-refractivity contribution in [2.24, 2.45) is 0 Å². The standard InChI is InChI=1S/C30H33F4N3O5/c1-5-18(20-9-10-36-37(29(20)41)15-17-7-6-8-19(11-17)30(2,3)4)14-35-23(13-25(39)40)24(38)16-42-28-26(33)21(31)12-22(32)27(28)34/h6-12,18,23,35H,5,13-16H2,1-4H3,(H,39,40)/t18-,23-/m0/s1. The second kappa shape index (κ2) is 13.7. The number of halogens is 4. The molecule has 0 aliphatic rings. The van der Waals surface area contributed by atoms with Crippen molar-refractivity contribution < 1.29 is 37.0 Å². The zero-order valence-electron chi connectivity index (χ0n) is 23.7. The molecular weight excluding hydrogens is 558 g/mol. The normalized spacial score (nSPS) is 13.0. The summed E-state index contributed by atoms with van der Waals surface area (Å²) in [5, 5.41) is 16.3. The van der Waals surface area contributed by atoms with Crippen LogP contribution in [0.5, 0.6) is 5.75 Å². The minimum absolute atomic E-state index is 0.00371. The summed E-state index contributed by atoms with van der Waals surface area (Å²) in [5.41, 5.74) is 1.95. The average molecular weight is 592 g/mol. The lowest BCUT2D eigenvalue weighted by molar-refractivity contribution is -0.139. The van der Waals surface area contributed by atoms with Crippen LogP contribution in [0, 0.1) is 23.3 Å². The Hall–Kier alpha value is -4.06. The summed E-state index contributed by atoms with van der Waals surface area (Å²) in [6, 6.07) is 8.01. The Morgan fingerprint density at radius 2 is 1.74 bits per heavy atom. The summed E-state index contributed by atoms with van der Waals surface area (Å²) in [5.74, 6) is -11.2. The molecule has 2 aromatic carbocycles. The number of carboxylic acid groups (broad SMARTS) is 1. The Kier molecular flexibility index (Phi) is 10.6. The number of carboxylic acids is 1. The van der Waals surface area contributed by atoms with Gasteiger partial charge in [0.2, 0.25) is 11.6 Å². The Morgan fingerprint density at radius 3 is 2.33 bits per heavy atom. The molecule has 0 unspecified atom stereocenters. The molecule has 0 fully saturated rings. The van der Waals surface area contributed by atoms with Crippen molar-refractivity contribution in [3.8, 4) is 5.75 Å². The largest absolute Gasteiger partial charge is 0.481 e. The maximum absolute atomic E-state index is 13.9. The van der Waals surface area contributed by atoms with E-state index in [2.05, 4.69) is 31.2 Å². The molecule has 3 rings (SSSR count). The van der Waals surface area contributed by atoms with Crippen LogP contribution >= 0.6 is 0 Å². The molecule has 2 atom stereocenters. The minimum Gasteiger partial charge on any atom is -0.481 e. The molecule has 0 saturated heterocycles. The number of benzene rings is 2. The summed E-state index contributed by atoms with van der Waals surface area (Å²) < 4.78 is 60.8. The predicted molar refractivity (Wildman–Crippen MR) is 147 cm³/mol. The van der Waals surface area contributed by atoms with Crippen molar-refractivity contribution in [3.63, 3.8) is 0 Å². The van der Waals surface area contributed by atoms with Crippen LogP contribution in [0.2, 0.25) is 0 Å². The predicted octanol–water partition coefficient (Wildman–Crippen LogP) is 4.72. The molecule has 0 aliphatic heterocycles. The number of ketones is 1. The molecule has 0 amide bonds. The molecule has 42 heavy (non-hydrogen) atoms. The molecule has 0 aliphatic carbocycles.